The Labute approximate surface area is 93.0 Å². The standard InChI is InChI=1S/C10H15N3O3/c1-16-8-4-12-13(5-8)6-10(11,9(14)15)7-2-3-7/h4-5,7H,2-3,6,11H2,1H3,(H,14,15). The number of hydrogen-bond acceptors (Lipinski definition) is 4. The Bertz CT molecular complexity index is 400. The van der Waals surface area contributed by atoms with Crippen LogP contribution in [0.4, 0.5) is 0 Å². The van der Waals surface area contributed by atoms with E-state index in [0.29, 0.717) is 5.75 Å². The van der Waals surface area contributed by atoms with Crippen molar-refractivity contribution in [2.75, 3.05) is 7.11 Å². The van der Waals surface area contributed by atoms with Gasteiger partial charge in [0.05, 0.1) is 26.0 Å². The first-order chi connectivity index (χ1) is 7.56. The highest BCUT2D eigenvalue weighted by molar-refractivity contribution is 5.79. The lowest BCUT2D eigenvalue weighted by atomic mass is 9.95. The van der Waals surface area contributed by atoms with Gasteiger partial charge in [0.15, 0.2) is 5.75 Å². The SMILES string of the molecule is COc1cnn(CC(N)(C(=O)O)C2CC2)c1. The van der Waals surface area contributed by atoms with Crippen LogP contribution in [-0.2, 0) is 11.3 Å². The molecule has 1 aliphatic rings. The third-order valence-corrected chi connectivity index (χ3v) is 2.97. The smallest absolute Gasteiger partial charge is 0.325 e. The Morgan fingerprint density at radius 3 is 2.94 bits per heavy atom. The third-order valence-electron chi connectivity index (χ3n) is 2.97. The number of aliphatic carboxylic acids is 1. The summed E-state index contributed by atoms with van der Waals surface area (Å²) in [7, 11) is 1.54. The van der Waals surface area contributed by atoms with Crippen LogP contribution in [0.3, 0.4) is 0 Å². The first-order valence-corrected chi connectivity index (χ1v) is 5.15. The van der Waals surface area contributed by atoms with E-state index >= 15 is 0 Å². The largest absolute Gasteiger partial charge is 0.493 e. The van der Waals surface area contributed by atoms with Gasteiger partial charge in [-0.1, -0.05) is 0 Å². The zero-order valence-corrected chi connectivity index (χ0v) is 9.09. The summed E-state index contributed by atoms with van der Waals surface area (Å²) in [6.07, 6.45) is 4.94. The van der Waals surface area contributed by atoms with Crippen LogP contribution in [-0.4, -0.2) is 33.5 Å². The molecule has 2 rings (SSSR count). The average Bonchev–Trinajstić information content (AvgIpc) is 3.00. The monoisotopic (exact) mass is 225 g/mol. The Balaban J connectivity index is 2.14. The summed E-state index contributed by atoms with van der Waals surface area (Å²) in [4.78, 5) is 11.2. The number of aromatic nitrogens is 2. The van der Waals surface area contributed by atoms with Gasteiger partial charge < -0.3 is 15.6 Å². The van der Waals surface area contributed by atoms with Crippen LogP contribution >= 0.6 is 0 Å². The van der Waals surface area contributed by atoms with E-state index in [4.69, 9.17) is 10.5 Å². The van der Waals surface area contributed by atoms with Crippen LogP contribution in [0, 0.1) is 5.92 Å². The first-order valence-electron chi connectivity index (χ1n) is 5.15. The number of carboxylic acids is 1. The predicted octanol–water partition coefficient (Wildman–Crippen LogP) is 0.0838. The van der Waals surface area contributed by atoms with E-state index in [1.807, 2.05) is 0 Å². The molecule has 0 radical (unpaired) electrons. The molecule has 0 spiro atoms. The fraction of sp³-hybridized carbons (Fsp3) is 0.600. The van der Waals surface area contributed by atoms with Crippen molar-refractivity contribution < 1.29 is 14.6 Å². The number of methoxy groups -OCH3 is 1. The molecule has 1 heterocycles. The molecule has 16 heavy (non-hydrogen) atoms. The number of rotatable bonds is 5. The molecule has 0 amide bonds. The molecule has 6 nitrogen and oxygen atoms in total. The van der Waals surface area contributed by atoms with Gasteiger partial charge in [-0.25, -0.2) is 0 Å². The summed E-state index contributed by atoms with van der Waals surface area (Å²) >= 11 is 0. The Kier molecular flexibility index (Phi) is 2.59. The van der Waals surface area contributed by atoms with Crippen molar-refractivity contribution in [2.45, 2.75) is 24.9 Å². The number of ether oxygens (including phenoxy) is 1. The van der Waals surface area contributed by atoms with Crippen LogP contribution in [0.25, 0.3) is 0 Å². The third kappa shape index (κ3) is 1.88. The van der Waals surface area contributed by atoms with Gasteiger partial charge in [-0.15, -0.1) is 0 Å². The van der Waals surface area contributed by atoms with E-state index in [2.05, 4.69) is 5.10 Å². The lowest BCUT2D eigenvalue weighted by Gasteiger charge is -2.24. The molecule has 1 unspecified atom stereocenters. The topological polar surface area (TPSA) is 90.4 Å². The normalized spacial score (nSPS) is 19.1. The molecule has 0 aromatic carbocycles. The molecule has 1 aliphatic carbocycles. The molecular formula is C10H15N3O3. The molecule has 1 fully saturated rings. The second-order valence-electron chi connectivity index (χ2n) is 4.20. The summed E-state index contributed by atoms with van der Waals surface area (Å²) in [5, 5.41) is 13.2. The summed E-state index contributed by atoms with van der Waals surface area (Å²) < 4.78 is 6.49. The van der Waals surface area contributed by atoms with Crippen molar-refractivity contribution in [1.82, 2.24) is 9.78 Å². The van der Waals surface area contributed by atoms with Crippen LogP contribution in [0.5, 0.6) is 5.75 Å². The molecule has 0 saturated heterocycles. The van der Waals surface area contributed by atoms with Gasteiger partial charge in [-0.2, -0.15) is 5.10 Å². The van der Waals surface area contributed by atoms with E-state index in [9.17, 15) is 9.90 Å². The van der Waals surface area contributed by atoms with E-state index in [-0.39, 0.29) is 12.5 Å². The van der Waals surface area contributed by atoms with E-state index < -0.39 is 11.5 Å². The van der Waals surface area contributed by atoms with Gasteiger partial charge in [0, 0.05) is 0 Å². The lowest BCUT2D eigenvalue weighted by Crippen LogP contribution is -2.53. The second kappa shape index (κ2) is 3.79. The van der Waals surface area contributed by atoms with Gasteiger partial charge >= 0.3 is 5.97 Å². The second-order valence-corrected chi connectivity index (χ2v) is 4.20. The predicted molar refractivity (Wildman–Crippen MR) is 56.1 cm³/mol. The number of hydrogen-bond donors (Lipinski definition) is 2. The van der Waals surface area contributed by atoms with Crippen molar-refractivity contribution >= 4 is 5.97 Å². The maximum atomic E-state index is 11.2. The van der Waals surface area contributed by atoms with Crippen LogP contribution in [0.1, 0.15) is 12.8 Å². The number of carboxylic acid groups (broad SMARTS) is 1. The van der Waals surface area contributed by atoms with Crippen molar-refractivity contribution in [1.29, 1.82) is 0 Å². The maximum Gasteiger partial charge on any atom is 0.325 e. The van der Waals surface area contributed by atoms with E-state index in [1.165, 1.54) is 18.0 Å². The van der Waals surface area contributed by atoms with Crippen molar-refractivity contribution in [3.63, 3.8) is 0 Å². The summed E-state index contributed by atoms with van der Waals surface area (Å²) in [6.45, 7) is 0.177. The minimum Gasteiger partial charge on any atom is -0.493 e. The first kappa shape index (κ1) is 10.9. The Hall–Kier alpha value is -1.56. The summed E-state index contributed by atoms with van der Waals surface area (Å²) in [5.74, 6) is -0.312. The van der Waals surface area contributed by atoms with Crippen molar-refractivity contribution in [3.8, 4) is 5.75 Å². The Morgan fingerprint density at radius 2 is 2.50 bits per heavy atom. The average molecular weight is 225 g/mol. The Morgan fingerprint density at radius 1 is 1.81 bits per heavy atom. The fourth-order valence-corrected chi connectivity index (χ4v) is 1.77. The molecule has 3 N–H and O–H groups in total. The van der Waals surface area contributed by atoms with Crippen molar-refractivity contribution in [2.24, 2.45) is 11.7 Å². The highest BCUT2D eigenvalue weighted by atomic mass is 16.5. The van der Waals surface area contributed by atoms with Gasteiger partial charge in [0.1, 0.15) is 5.54 Å². The minimum absolute atomic E-state index is 0.0557. The fourth-order valence-electron chi connectivity index (χ4n) is 1.77. The number of nitrogens with two attached hydrogens (primary N) is 1. The molecule has 1 saturated carbocycles. The van der Waals surface area contributed by atoms with Crippen LogP contribution < -0.4 is 10.5 Å². The van der Waals surface area contributed by atoms with Gasteiger partial charge in [-0.3, -0.25) is 9.48 Å². The molecular weight excluding hydrogens is 210 g/mol. The quantitative estimate of drug-likeness (QED) is 0.740. The number of nitrogens with zero attached hydrogens (tertiary/aromatic N) is 2. The number of carbonyl (C=O) groups is 1. The van der Waals surface area contributed by atoms with E-state index in [0.717, 1.165) is 12.8 Å². The highest BCUT2D eigenvalue weighted by Crippen LogP contribution is 2.39. The van der Waals surface area contributed by atoms with Crippen LogP contribution in [0.2, 0.25) is 0 Å². The highest BCUT2D eigenvalue weighted by Gasteiger charge is 2.48. The zero-order valence-electron chi connectivity index (χ0n) is 9.09. The molecule has 6 heteroatoms. The molecule has 0 bridgehead atoms. The van der Waals surface area contributed by atoms with Crippen LogP contribution in [0.15, 0.2) is 12.4 Å². The molecule has 1 aromatic heterocycles. The van der Waals surface area contributed by atoms with Gasteiger partial charge in [-0.05, 0) is 18.8 Å². The van der Waals surface area contributed by atoms with Crippen molar-refractivity contribution in [3.05, 3.63) is 12.4 Å². The molecule has 1 atom stereocenters. The zero-order chi connectivity index (χ0) is 11.8. The van der Waals surface area contributed by atoms with E-state index in [1.54, 1.807) is 6.20 Å². The van der Waals surface area contributed by atoms with Gasteiger partial charge in [0.25, 0.3) is 0 Å². The maximum absolute atomic E-state index is 11.2. The summed E-state index contributed by atoms with van der Waals surface area (Å²) in [5.41, 5.74) is 4.72. The lowest BCUT2D eigenvalue weighted by molar-refractivity contribution is -0.145. The summed E-state index contributed by atoms with van der Waals surface area (Å²) in [6, 6.07) is 0. The molecule has 1 aromatic rings. The molecule has 88 valence electrons. The molecule has 0 aliphatic heterocycles. The van der Waals surface area contributed by atoms with Gasteiger partial charge in [0.2, 0.25) is 0 Å². The minimum atomic E-state index is -1.21.